The number of fused-ring (bicyclic) bond motifs is 1. The van der Waals surface area contributed by atoms with E-state index < -0.39 is 0 Å². The maximum Gasteiger partial charge on any atom is 0.235 e. The SMILES string of the molecule is CSc1cc2c(cc1CN=C=O)OCCO2. The van der Waals surface area contributed by atoms with Crippen molar-refractivity contribution < 1.29 is 14.3 Å². The molecule has 0 aromatic heterocycles. The smallest absolute Gasteiger partial charge is 0.235 e. The minimum Gasteiger partial charge on any atom is -0.486 e. The Morgan fingerprint density at radius 1 is 1.38 bits per heavy atom. The van der Waals surface area contributed by atoms with Crippen LogP contribution in [0.15, 0.2) is 22.0 Å². The van der Waals surface area contributed by atoms with Gasteiger partial charge < -0.3 is 9.47 Å². The average Bonchev–Trinajstić information content (AvgIpc) is 2.35. The third-order valence-corrected chi connectivity index (χ3v) is 3.08. The summed E-state index contributed by atoms with van der Waals surface area (Å²) in [5, 5.41) is 0. The van der Waals surface area contributed by atoms with E-state index in [2.05, 4.69) is 4.99 Å². The largest absolute Gasteiger partial charge is 0.486 e. The highest BCUT2D eigenvalue weighted by molar-refractivity contribution is 7.98. The molecule has 2 rings (SSSR count). The molecule has 0 N–H and O–H groups in total. The van der Waals surface area contributed by atoms with E-state index >= 15 is 0 Å². The Morgan fingerprint density at radius 2 is 2.06 bits per heavy atom. The van der Waals surface area contributed by atoms with Gasteiger partial charge in [-0.2, -0.15) is 0 Å². The molecular formula is C11H11NO3S. The van der Waals surface area contributed by atoms with Crippen LogP contribution in [0.1, 0.15) is 5.56 Å². The number of isocyanates is 1. The van der Waals surface area contributed by atoms with Crippen LogP contribution in [0, 0.1) is 0 Å². The van der Waals surface area contributed by atoms with Crippen LogP contribution in [0.5, 0.6) is 11.5 Å². The summed E-state index contributed by atoms with van der Waals surface area (Å²) in [6.07, 6.45) is 3.51. The van der Waals surface area contributed by atoms with Gasteiger partial charge in [0, 0.05) is 4.90 Å². The molecule has 0 bridgehead atoms. The van der Waals surface area contributed by atoms with E-state index in [-0.39, 0.29) is 0 Å². The molecular weight excluding hydrogens is 226 g/mol. The first kappa shape index (κ1) is 11.0. The lowest BCUT2D eigenvalue weighted by molar-refractivity contribution is 0.171. The van der Waals surface area contributed by atoms with Crippen LogP contribution in [-0.4, -0.2) is 25.5 Å². The predicted molar refractivity (Wildman–Crippen MR) is 61.0 cm³/mol. The van der Waals surface area contributed by atoms with Gasteiger partial charge in [-0.1, -0.05) is 0 Å². The number of carbonyl (C=O) groups excluding carboxylic acids is 1. The third kappa shape index (κ3) is 2.21. The Labute approximate surface area is 97.7 Å². The van der Waals surface area contributed by atoms with Crippen molar-refractivity contribution in [2.45, 2.75) is 11.4 Å². The van der Waals surface area contributed by atoms with Crippen LogP contribution in [0.25, 0.3) is 0 Å². The number of hydrogen-bond acceptors (Lipinski definition) is 5. The van der Waals surface area contributed by atoms with Crippen LogP contribution in [0.4, 0.5) is 0 Å². The van der Waals surface area contributed by atoms with Gasteiger partial charge in [0.1, 0.15) is 13.2 Å². The first-order chi connectivity index (χ1) is 7.85. The second-order valence-electron chi connectivity index (χ2n) is 3.22. The van der Waals surface area contributed by atoms with Crippen LogP contribution in [-0.2, 0) is 11.3 Å². The molecule has 0 amide bonds. The molecule has 5 heteroatoms. The standard InChI is InChI=1S/C11H11NO3S/c1-16-11-5-10-9(14-2-3-15-10)4-8(11)6-12-7-13/h4-5H,2-3,6H2,1H3. The predicted octanol–water partition coefficient (Wildman–Crippen LogP) is 2.02. The second kappa shape index (κ2) is 5.05. The van der Waals surface area contributed by atoms with Crippen LogP contribution in [0.2, 0.25) is 0 Å². The van der Waals surface area contributed by atoms with E-state index in [9.17, 15) is 4.79 Å². The summed E-state index contributed by atoms with van der Waals surface area (Å²) in [4.78, 5) is 14.7. The number of benzene rings is 1. The number of hydrogen-bond donors (Lipinski definition) is 0. The van der Waals surface area contributed by atoms with Crippen molar-refractivity contribution in [3.05, 3.63) is 17.7 Å². The van der Waals surface area contributed by atoms with Crippen LogP contribution in [0.3, 0.4) is 0 Å². The highest BCUT2D eigenvalue weighted by atomic mass is 32.2. The molecule has 0 spiro atoms. The number of ether oxygens (including phenoxy) is 2. The molecule has 1 aliphatic heterocycles. The van der Waals surface area contributed by atoms with Gasteiger partial charge in [0.15, 0.2) is 11.5 Å². The van der Waals surface area contributed by atoms with Gasteiger partial charge >= 0.3 is 0 Å². The minimum atomic E-state index is 0.330. The molecule has 16 heavy (non-hydrogen) atoms. The molecule has 0 radical (unpaired) electrons. The number of nitrogens with zero attached hydrogens (tertiary/aromatic N) is 1. The monoisotopic (exact) mass is 237 g/mol. The fourth-order valence-electron chi connectivity index (χ4n) is 1.54. The lowest BCUT2D eigenvalue weighted by atomic mass is 10.2. The highest BCUT2D eigenvalue weighted by Crippen LogP contribution is 2.36. The van der Waals surface area contributed by atoms with E-state index in [0.29, 0.717) is 19.8 Å². The Morgan fingerprint density at radius 3 is 2.69 bits per heavy atom. The van der Waals surface area contributed by atoms with Gasteiger partial charge in [-0.25, -0.2) is 9.79 Å². The van der Waals surface area contributed by atoms with E-state index in [1.165, 1.54) is 0 Å². The molecule has 0 saturated heterocycles. The van der Waals surface area contributed by atoms with Crippen LogP contribution < -0.4 is 9.47 Å². The van der Waals surface area contributed by atoms with Crippen molar-refractivity contribution in [2.75, 3.05) is 19.5 Å². The lowest BCUT2D eigenvalue weighted by Gasteiger charge is -2.20. The Bertz CT molecular complexity index is 441. The molecule has 1 aliphatic rings. The summed E-state index contributed by atoms with van der Waals surface area (Å²) in [5.74, 6) is 1.48. The number of aliphatic imine (C=N–C) groups is 1. The topological polar surface area (TPSA) is 47.9 Å². The minimum absolute atomic E-state index is 0.330. The Kier molecular flexibility index (Phi) is 3.49. The third-order valence-electron chi connectivity index (χ3n) is 2.26. The zero-order chi connectivity index (χ0) is 11.4. The first-order valence-electron chi connectivity index (χ1n) is 4.85. The van der Waals surface area contributed by atoms with Gasteiger partial charge in [0.25, 0.3) is 0 Å². The molecule has 1 heterocycles. The lowest BCUT2D eigenvalue weighted by Crippen LogP contribution is -2.15. The molecule has 4 nitrogen and oxygen atoms in total. The number of thioether (sulfide) groups is 1. The van der Waals surface area contributed by atoms with E-state index in [1.54, 1.807) is 17.8 Å². The van der Waals surface area contributed by atoms with E-state index in [1.807, 2.05) is 18.4 Å². The zero-order valence-electron chi connectivity index (χ0n) is 8.86. The van der Waals surface area contributed by atoms with Gasteiger partial charge in [-0.05, 0) is 24.0 Å². The normalized spacial score (nSPS) is 13.1. The average molecular weight is 237 g/mol. The van der Waals surface area contributed by atoms with E-state index in [0.717, 1.165) is 22.0 Å². The van der Waals surface area contributed by atoms with Crippen molar-refractivity contribution in [2.24, 2.45) is 4.99 Å². The van der Waals surface area contributed by atoms with Crippen molar-refractivity contribution in [1.82, 2.24) is 0 Å². The molecule has 0 saturated carbocycles. The summed E-state index contributed by atoms with van der Waals surface area (Å²) in [7, 11) is 0. The second-order valence-corrected chi connectivity index (χ2v) is 4.06. The number of rotatable bonds is 3. The quantitative estimate of drug-likeness (QED) is 0.458. The van der Waals surface area contributed by atoms with Gasteiger partial charge in [-0.15, -0.1) is 11.8 Å². The zero-order valence-corrected chi connectivity index (χ0v) is 9.67. The summed E-state index contributed by atoms with van der Waals surface area (Å²) < 4.78 is 10.9. The molecule has 0 fully saturated rings. The van der Waals surface area contributed by atoms with Crippen LogP contribution >= 0.6 is 11.8 Å². The molecule has 1 aromatic carbocycles. The molecule has 0 unspecified atom stereocenters. The Balaban J connectivity index is 2.38. The maximum absolute atomic E-state index is 10.1. The van der Waals surface area contributed by atoms with E-state index in [4.69, 9.17) is 9.47 Å². The van der Waals surface area contributed by atoms with Crippen molar-refractivity contribution in [1.29, 1.82) is 0 Å². The Hall–Kier alpha value is -1.45. The maximum atomic E-state index is 10.1. The van der Waals surface area contributed by atoms with Gasteiger partial charge in [0.05, 0.1) is 6.54 Å². The fourth-order valence-corrected chi connectivity index (χ4v) is 2.15. The molecule has 0 atom stereocenters. The van der Waals surface area contributed by atoms with Gasteiger partial charge in [0.2, 0.25) is 6.08 Å². The summed E-state index contributed by atoms with van der Waals surface area (Å²) >= 11 is 1.59. The van der Waals surface area contributed by atoms with Crippen molar-refractivity contribution >= 4 is 17.8 Å². The molecule has 84 valence electrons. The first-order valence-corrected chi connectivity index (χ1v) is 6.07. The summed E-state index contributed by atoms with van der Waals surface area (Å²) in [6, 6.07) is 3.80. The summed E-state index contributed by atoms with van der Waals surface area (Å²) in [6.45, 7) is 1.46. The molecule has 1 aromatic rings. The fraction of sp³-hybridized carbons (Fsp3) is 0.364. The summed E-state index contributed by atoms with van der Waals surface area (Å²) in [5.41, 5.74) is 0.958. The van der Waals surface area contributed by atoms with Crippen molar-refractivity contribution in [3.63, 3.8) is 0 Å². The highest BCUT2D eigenvalue weighted by Gasteiger charge is 2.15. The van der Waals surface area contributed by atoms with Crippen molar-refractivity contribution in [3.8, 4) is 11.5 Å². The molecule has 0 aliphatic carbocycles. The van der Waals surface area contributed by atoms with Gasteiger partial charge in [-0.3, -0.25) is 0 Å².